The van der Waals surface area contributed by atoms with E-state index in [0.717, 1.165) is 44.9 Å². The summed E-state index contributed by atoms with van der Waals surface area (Å²) in [5.41, 5.74) is 0. The summed E-state index contributed by atoms with van der Waals surface area (Å²) >= 11 is 0. The quantitative estimate of drug-likeness (QED) is 0.0781. The van der Waals surface area contributed by atoms with Crippen molar-refractivity contribution in [1.82, 2.24) is 10.6 Å². The van der Waals surface area contributed by atoms with Gasteiger partial charge in [-0.25, -0.2) is 0 Å². The standard InChI is InChI=1S/C31H58N2O8/c1-27(31(38)39)18-16-17-21-32-29(35)26-41-25-24-40-23-22-33-28(34)19-14-12-10-8-6-4-2-3-5-7-9-11-13-15-20-30(36)37/h27H,2-26H2,1H3,(H,32,35)(H,33,34)(H,36,37)(H,38,39)/t27-/m0/s1. The van der Waals surface area contributed by atoms with Crippen LogP contribution in [0.15, 0.2) is 0 Å². The lowest BCUT2D eigenvalue weighted by atomic mass is 10.0. The summed E-state index contributed by atoms with van der Waals surface area (Å²) in [6, 6.07) is 0. The van der Waals surface area contributed by atoms with Crippen LogP contribution in [0.5, 0.6) is 0 Å². The van der Waals surface area contributed by atoms with Crippen LogP contribution < -0.4 is 10.6 Å². The van der Waals surface area contributed by atoms with E-state index < -0.39 is 11.9 Å². The van der Waals surface area contributed by atoms with Gasteiger partial charge in [0.25, 0.3) is 0 Å². The summed E-state index contributed by atoms with van der Waals surface area (Å²) < 4.78 is 10.7. The van der Waals surface area contributed by atoms with Crippen molar-refractivity contribution in [1.29, 1.82) is 0 Å². The highest BCUT2D eigenvalue weighted by atomic mass is 16.5. The van der Waals surface area contributed by atoms with Crippen LogP contribution in [0.1, 0.15) is 129 Å². The lowest BCUT2D eigenvalue weighted by Gasteiger charge is -2.09. The van der Waals surface area contributed by atoms with Crippen LogP contribution in [0, 0.1) is 5.92 Å². The van der Waals surface area contributed by atoms with Gasteiger partial charge in [-0.3, -0.25) is 19.2 Å². The first-order chi connectivity index (χ1) is 19.8. The molecule has 41 heavy (non-hydrogen) atoms. The molecule has 2 amide bonds. The van der Waals surface area contributed by atoms with Gasteiger partial charge in [0.2, 0.25) is 11.8 Å². The van der Waals surface area contributed by atoms with Gasteiger partial charge in [0, 0.05) is 25.9 Å². The summed E-state index contributed by atoms with van der Waals surface area (Å²) in [6.07, 6.45) is 19.2. The van der Waals surface area contributed by atoms with Crippen LogP contribution in [0.2, 0.25) is 0 Å². The normalized spacial score (nSPS) is 11.7. The molecule has 0 saturated heterocycles. The number of hydrogen-bond acceptors (Lipinski definition) is 6. The number of rotatable bonds is 31. The van der Waals surface area contributed by atoms with Gasteiger partial charge < -0.3 is 30.3 Å². The monoisotopic (exact) mass is 586 g/mol. The molecule has 10 nitrogen and oxygen atoms in total. The second-order valence-electron chi connectivity index (χ2n) is 10.9. The molecule has 10 heteroatoms. The van der Waals surface area contributed by atoms with Crippen molar-refractivity contribution in [2.45, 2.75) is 129 Å². The highest BCUT2D eigenvalue weighted by Gasteiger charge is 2.09. The molecule has 0 aromatic carbocycles. The van der Waals surface area contributed by atoms with Gasteiger partial charge >= 0.3 is 11.9 Å². The van der Waals surface area contributed by atoms with Gasteiger partial charge in [0.05, 0.1) is 25.7 Å². The highest BCUT2D eigenvalue weighted by Crippen LogP contribution is 2.14. The molecule has 0 unspecified atom stereocenters. The van der Waals surface area contributed by atoms with Crippen molar-refractivity contribution < 1.29 is 38.9 Å². The molecule has 0 aliphatic rings. The highest BCUT2D eigenvalue weighted by molar-refractivity contribution is 5.77. The number of hydrogen-bond donors (Lipinski definition) is 4. The number of carbonyl (C=O) groups is 4. The van der Waals surface area contributed by atoms with E-state index in [9.17, 15) is 19.2 Å². The molecule has 240 valence electrons. The summed E-state index contributed by atoms with van der Waals surface area (Å²) in [4.78, 5) is 44.8. The Balaban J connectivity index is 3.28. The Morgan fingerprint density at radius 3 is 1.59 bits per heavy atom. The number of nitrogens with one attached hydrogen (secondary N) is 2. The molecule has 0 aliphatic heterocycles. The molecule has 1 atom stereocenters. The average molecular weight is 587 g/mol. The fourth-order valence-electron chi connectivity index (χ4n) is 4.40. The minimum atomic E-state index is -0.792. The predicted molar refractivity (Wildman–Crippen MR) is 160 cm³/mol. The minimum absolute atomic E-state index is 0.0362. The number of carboxylic acids is 2. The van der Waals surface area contributed by atoms with E-state index in [-0.39, 0.29) is 24.3 Å². The van der Waals surface area contributed by atoms with E-state index in [1.54, 1.807) is 6.92 Å². The van der Waals surface area contributed by atoms with Gasteiger partial charge in [0.1, 0.15) is 6.61 Å². The van der Waals surface area contributed by atoms with Crippen molar-refractivity contribution >= 4 is 23.8 Å². The zero-order valence-corrected chi connectivity index (χ0v) is 25.6. The fourth-order valence-corrected chi connectivity index (χ4v) is 4.40. The Morgan fingerprint density at radius 2 is 1.05 bits per heavy atom. The maximum absolute atomic E-state index is 11.9. The van der Waals surface area contributed by atoms with E-state index in [4.69, 9.17) is 19.7 Å². The van der Waals surface area contributed by atoms with Crippen LogP contribution in [0.25, 0.3) is 0 Å². The molecule has 0 bridgehead atoms. The average Bonchev–Trinajstić information content (AvgIpc) is 2.93. The third-order valence-electron chi connectivity index (χ3n) is 7.03. The predicted octanol–water partition coefficient (Wildman–Crippen LogP) is 5.47. The number of amides is 2. The Kier molecular flexibility index (Phi) is 27.7. The van der Waals surface area contributed by atoms with Gasteiger partial charge in [-0.15, -0.1) is 0 Å². The molecule has 0 heterocycles. The summed E-state index contributed by atoms with van der Waals surface area (Å²) in [5.74, 6) is -1.98. The van der Waals surface area contributed by atoms with Gasteiger partial charge in [0.15, 0.2) is 0 Å². The molecule has 0 aromatic rings. The lowest BCUT2D eigenvalue weighted by Crippen LogP contribution is -2.29. The van der Waals surface area contributed by atoms with E-state index in [1.165, 1.54) is 57.8 Å². The van der Waals surface area contributed by atoms with E-state index in [1.807, 2.05) is 0 Å². The second-order valence-corrected chi connectivity index (χ2v) is 10.9. The van der Waals surface area contributed by atoms with Crippen molar-refractivity contribution in [3.63, 3.8) is 0 Å². The SMILES string of the molecule is C[C@@H](CCCCNC(=O)COCCOCCNC(=O)CCCCCCCCCCCCCCCCC(=O)O)C(=O)O. The van der Waals surface area contributed by atoms with Crippen molar-refractivity contribution in [2.24, 2.45) is 5.92 Å². The number of unbranched alkanes of at least 4 members (excludes halogenated alkanes) is 14. The zero-order chi connectivity index (χ0) is 30.4. The number of carbonyl (C=O) groups excluding carboxylic acids is 2. The molecule has 0 fully saturated rings. The number of carboxylic acid groups (broad SMARTS) is 2. The Labute approximate surface area is 247 Å². The lowest BCUT2D eigenvalue weighted by molar-refractivity contribution is -0.141. The largest absolute Gasteiger partial charge is 0.481 e. The van der Waals surface area contributed by atoms with E-state index in [0.29, 0.717) is 52.2 Å². The number of aliphatic carboxylic acids is 2. The molecule has 0 saturated carbocycles. The number of ether oxygens (including phenoxy) is 2. The summed E-state index contributed by atoms with van der Waals surface area (Å²) in [6.45, 7) is 3.67. The molecule has 0 radical (unpaired) electrons. The fraction of sp³-hybridized carbons (Fsp3) is 0.871. The van der Waals surface area contributed by atoms with Gasteiger partial charge in [-0.1, -0.05) is 90.4 Å². The molecule has 0 spiro atoms. The third kappa shape index (κ3) is 30.6. The van der Waals surface area contributed by atoms with E-state index in [2.05, 4.69) is 10.6 Å². The molecule has 0 aromatic heterocycles. The summed E-state index contributed by atoms with van der Waals surface area (Å²) in [5, 5.41) is 23.1. The van der Waals surface area contributed by atoms with Crippen LogP contribution in [0.3, 0.4) is 0 Å². The first-order valence-corrected chi connectivity index (χ1v) is 16.0. The maximum Gasteiger partial charge on any atom is 0.306 e. The Hall–Kier alpha value is -2.20. The Morgan fingerprint density at radius 1 is 0.561 bits per heavy atom. The van der Waals surface area contributed by atoms with Crippen LogP contribution in [-0.4, -0.2) is 73.5 Å². The maximum atomic E-state index is 11.9. The van der Waals surface area contributed by atoms with Crippen molar-refractivity contribution in [3.05, 3.63) is 0 Å². The first-order valence-electron chi connectivity index (χ1n) is 16.0. The van der Waals surface area contributed by atoms with Crippen LogP contribution in [-0.2, 0) is 28.7 Å². The molecule has 0 aliphatic carbocycles. The van der Waals surface area contributed by atoms with Crippen LogP contribution >= 0.6 is 0 Å². The van der Waals surface area contributed by atoms with Gasteiger partial charge in [-0.05, 0) is 25.7 Å². The first kappa shape index (κ1) is 38.8. The van der Waals surface area contributed by atoms with Gasteiger partial charge in [-0.2, -0.15) is 0 Å². The smallest absolute Gasteiger partial charge is 0.306 e. The molecular weight excluding hydrogens is 528 g/mol. The van der Waals surface area contributed by atoms with Crippen molar-refractivity contribution in [3.8, 4) is 0 Å². The Bertz CT molecular complexity index is 675. The zero-order valence-electron chi connectivity index (χ0n) is 25.6. The van der Waals surface area contributed by atoms with Crippen molar-refractivity contribution in [2.75, 3.05) is 39.5 Å². The minimum Gasteiger partial charge on any atom is -0.481 e. The van der Waals surface area contributed by atoms with E-state index >= 15 is 0 Å². The summed E-state index contributed by atoms with van der Waals surface area (Å²) in [7, 11) is 0. The second kappa shape index (κ2) is 29.3. The molecular formula is C31H58N2O8. The molecule has 4 N–H and O–H groups in total. The van der Waals surface area contributed by atoms with Crippen LogP contribution in [0.4, 0.5) is 0 Å². The molecule has 0 rings (SSSR count). The topological polar surface area (TPSA) is 151 Å². The third-order valence-corrected chi connectivity index (χ3v) is 7.03.